The maximum Gasteiger partial charge on any atom is 0.242 e. The Balaban J connectivity index is 2.06. The molecule has 0 radical (unpaired) electrons. The molecule has 106 valence electrons. The number of aliphatic hydroxyl groups excluding tert-OH is 1. The zero-order chi connectivity index (χ0) is 13.7. The standard InChI is InChI=1S/C13H20N2O3S/c16-10-4-3-9-14-12-5-1-2-6-13(12)19(17,18)15-11-7-8-11/h1-2,5-6,11,14-16H,3-4,7-10H2. The minimum absolute atomic E-state index is 0.104. The number of aliphatic hydroxyl groups is 1. The highest BCUT2D eigenvalue weighted by Crippen LogP contribution is 2.25. The zero-order valence-corrected chi connectivity index (χ0v) is 11.6. The van der Waals surface area contributed by atoms with Gasteiger partial charge in [0.05, 0.1) is 5.69 Å². The van der Waals surface area contributed by atoms with Crippen LogP contribution in [-0.2, 0) is 10.0 Å². The van der Waals surface area contributed by atoms with Gasteiger partial charge in [-0.05, 0) is 37.8 Å². The van der Waals surface area contributed by atoms with Crippen molar-refractivity contribution in [3.8, 4) is 0 Å². The summed E-state index contributed by atoms with van der Waals surface area (Å²) in [5.41, 5.74) is 0.619. The molecular formula is C13H20N2O3S. The fraction of sp³-hybridized carbons (Fsp3) is 0.538. The lowest BCUT2D eigenvalue weighted by atomic mass is 10.3. The van der Waals surface area contributed by atoms with Gasteiger partial charge in [0, 0.05) is 19.2 Å². The topological polar surface area (TPSA) is 78.4 Å². The van der Waals surface area contributed by atoms with Crippen LogP contribution in [0.25, 0.3) is 0 Å². The van der Waals surface area contributed by atoms with Crippen LogP contribution in [0, 0.1) is 0 Å². The second-order valence-electron chi connectivity index (χ2n) is 4.75. The van der Waals surface area contributed by atoms with E-state index in [0.717, 1.165) is 19.3 Å². The van der Waals surface area contributed by atoms with E-state index in [0.29, 0.717) is 23.5 Å². The number of unbranched alkanes of at least 4 members (excludes halogenated alkanes) is 1. The van der Waals surface area contributed by atoms with E-state index >= 15 is 0 Å². The zero-order valence-electron chi connectivity index (χ0n) is 10.8. The molecule has 1 aromatic rings. The lowest BCUT2D eigenvalue weighted by Crippen LogP contribution is -2.26. The average Bonchev–Trinajstić information content (AvgIpc) is 3.18. The van der Waals surface area contributed by atoms with Crippen molar-refractivity contribution in [1.82, 2.24) is 4.72 Å². The summed E-state index contributed by atoms with van der Waals surface area (Å²) < 4.78 is 27.1. The number of para-hydroxylation sites is 1. The van der Waals surface area contributed by atoms with E-state index in [1.165, 1.54) is 0 Å². The number of hydrogen-bond donors (Lipinski definition) is 3. The van der Waals surface area contributed by atoms with Crippen LogP contribution in [0.1, 0.15) is 25.7 Å². The van der Waals surface area contributed by atoms with Crippen LogP contribution >= 0.6 is 0 Å². The second kappa shape index (κ2) is 6.36. The van der Waals surface area contributed by atoms with E-state index in [1.807, 2.05) is 6.07 Å². The lowest BCUT2D eigenvalue weighted by Gasteiger charge is -2.12. The molecule has 1 aliphatic rings. The summed E-state index contributed by atoms with van der Waals surface area (Å²) in [7, 11) is -3.43. The van der Waals surface area contributed by atoms with Crippen LogP contribution in [-0.4, -0.2) is 32.7 Å². The third-order valence-corrected chi connectivity index (χ3v) is 4.55. The Hall–Kier alpha value is -1.11. The van der Waals surface area contributed by atoms with Gasteiger partial charge < -0.3 is 10.4 Å². The largest absolute Gasteiger partial charge is 0.396 e. The fourth-order valence-corrected chi connectivity index (χ4v) is 3.28. The molecule has 0 unspecified atom stereocenters. The van der Waals surface area contributed by atoms with Gasteiger partial charge in [-0.25, -0.2) is 13.1 Å². The van der Waals surface area contributed by atoms with E-state index < -0.39 is 10.0 Å². The van der Waals surface area contributed by atoms with Crippen molar-refractivity contribution in [3.05, 3.63) is 24.3 Å². The molecule has 0 aliphatic heterocycles. The predicted octanol–water partition coefficient (Wildman–Crippen LogP) is 1.31. The van der Waals surface area contributed by atoms with Crippen LogP contribution in [0.2, 0.25) is 0 Å². The first-order chi connectivity index (χ1) is 9.13. The first-order valence-electron chi connectivity index (χ1n) is 6.59. The smallest absolute Gasteiger partial charge is 0.242 e. The molecule has 1 saturated carbocycles. The van der Waals surface area contributed by atoms with Gasteiger partial charge in [0.25, 0.3) is 0 Å². The fourth-order valence-electron chi connectivity index (χ4n) is 1.79. The minimum atomic E-state index is -3.43. The van der Waals surface area contributed by atoms with Crippen molar-refractivity contribution >= 4 is 15.7 Å². The molecule has 5 nitrogen and oxygen atoms in total. The van der Waals surface area contributed by atoms with Crippen molar-refractivity contribution in [3.63, 3.8) is 0 Å². The van der Waals surface area contributed by atoms with E-state index in [-0.39, 0.29) is 12.6 Å². The Morgan fingerprint density at radius 1 is 1.21 bits per heavy atom. The highest BCUT2D eigenvalue weighted by Gasteiger charge is 2.29. The third kappa shape index (κ3) is 4.19. The van der Waals surface area contributed by atoms with E-state index in [1.54, 1.807) is 18.2 Å². The van der Waals surface area contributed by atoms with Gasteiger partial charge >= 0.3 is 0 Å². The van der Waals surface area contributed by atoms with Crippen LogP contribution in [0.3, 0.4) is 0 Å². The van der Waals surface area contributed by atoms with Crippen molar-refractivity contribution in [2.75, 3.05) is 18.5 Å². The summed E-state index contributed by atoms with van der Waals surface area (Å²) in [4.78, 5) is 0.297. The molecule has 0 bridgehead atoms. The first kappa shape index (κ1) is 14.3. The molecule has 6 heteroatoms. The number of rotatable bonds is 8. The Morgan fingerprint density at radius 3 is 2.63 bits per heavy atom. The highest BCUT2D eigenvalue weighted by molar-refractivity contribution is 7.89. The summed E-state index contributed by atoms with van der Waals surface area (Å²) in [5.74, 6) is 0. The maximum atomic E-state index is 12.2. The van der Waals surface area contributed by atoms with Gasteiger partial charge in [-0.15, -0.1) is 0 Å². The van der Waals surface area contributed by atoms with Crippen LogP contribution in [0.5, 0.6) is 0 Å². The summed E-state index contributed by atoms with van der Waals surface area (Å²) in [6.45, 7) is 0.807. The Morgan fingerprint density at radius 2 is 1.95 bits per heavy atom. The van der Waals surface area contributed by atoms with Crippen LogP contribution < -0.4 is 10.0 Å². The molecule has 19 heavy (non-hydrogen) atoms. The number of hydrogen-bond acceptors (Lipinski definition) is 4. The van der Waals surface area contributed by atoms with Gasteiger partial charge in [-0.2, -0.15) is 0 Å². The molecule has 0 heterocycles. The molecule has 0 saturated heterocycles. The van der Waals surface area contributed by atoms with E-state index in [2.05, 4.69) is 10.0 Å². The second-order valence-corrected chi connectivity index (χ2v) is 6.43. The number of sulfonamides is 1. The molecule has 1 aromatic carbocycles. The number of anilines is 1. The Labute approximate surface area is 114 Å². The molecule has 0 atom stereocenters. The highest BCUT2D eigenvalue weighted by atomic mass is 32.2. The first-order valence-corrected chi connectivity index (χ1v) is 8.08. The van der Waals surface area contributed by atoms with Crippen molar-refractivity contribution in [2.45, 2.75) is 36.6 Å². The molecule has 3 N–H and O–H groups in total. The predicted molar refractivity (Wildman–Crippen MR) is 74.6 cm³/mol. The van der Waals surface area contributed by atoms with Gasteiger partial charge in [0.1, 0.15) is 4.90 Å². The van der Waals surface area contributed by atoms with E-state index in [4.69, 9.17) is 5.11 Å². The Kier molecular flexibility index (Phi) is 4.79. The van der Waals surface area contributed by atoms with E-state index in [9.17, 15) is 8.42 Å². The maximum absolute atomic E-state index is 12.2. The normalized spacial score (nSPS) is 15.4. The lowest BCUT2D eigenvalue weighted by molar-refractivity contribution is 0.286. The molecule has 0 spiro atoms. The molecule has 0 aromatic heterocycles. The van der Waals surface area contributed by atoms with Crippen molar-refractivity contribution in [2.24, 2.45) is 0 Å². The average molecular weight is 284 g/mol. The molecule has 2 rings (SSSR count). The summed E-state index contributed by atoms with van der Waals surface area (Å²) in [5, 5.41) is 11.8. The number of benzene rings is 1. The SMILES string of the molecule is O=S(=O)(NC1CC1)c1ccccc1NCCCCO. The molecule has 0 amide bonds. The minimum Gasteiger partial charge on any atom is -0.396 e. The van der Waals surface area contributed by atoms with Gasteiger partial charge in [0.2, 0.25) is 10.0 Å². The van der Waals surface area contributed by atoms with Gasteiger partial charge in [-0.3, -0.25) is 0 Å². The summed E-state index contributed by atoms with van der Waals surface area (Å²) in [6, 6.07) is 7.01. The van der Waals surface area contributed by atoms with Gasteiger partial charge in [-0.1, -0.05) is 12.1 Å². The Bertz CT molecular complexity index is 512. The van der Waals surface area contributed by atoms with Crippen LogP contribution in [0.15, 0.2) is 29.2 Å². The number of nitrogens with one attached hydrogen (secondary N) is 2. The van der Waals surface area contributed by atoms with Gasteiger partial charge in [0.15, 0.2) is 0 Å². The summed E-state index contributed by atoms with van der Waals surface area (Å²) in [6.07, 6.45) is 3.36. The van der Waals surface area contributed by atoms with Crippen molar-refractivity contribution < 1.29 is 13.5 Å². The summed E-state index contributed by atoms with van der Waals surface area (Å²) >= 11 is 0. The monoisotopic (exact) mass is 284 g/mol. The van der Waals surface area contributed by atoms with Crippen molar-refractivity contribution in [1.29, 1.82) is 0 Å². The third-order valence-electron chi connectivity index (χ3n) is 2.98. The molecule has 1 fully saturated rings. The molecule has 1 aliphatic carbocycles. The molecular weight excluding hydrogens is 264 g/mol. The van der Waals surface area contributed by atoms with Crippen LogP contribution in [0.4, 0.5) is 5.69 Å². The quantitative estimate of drug-likeness (QED) is 0.629.